The zero-order valence-electron chi connectivity index (χ0n) is 32.1. The van der Waals surface area contributed by atoms with E-state index >= 15 is 0 Å². The van der Waals surface area contributed by atoms with Gasteiger partial charge in [-0.1, -0.05) is 140 Å². The Morgan fingerprint density at radius 2 is 0.949 bits per heavy atom. The molecule has 0 fully saturated rings. The third kappa shape index (κ3) is 6.27. The number of nitrogens with zero attached hydrogens (tertiary/aromatic N) is 2. The van der Waals surface area contributed by atoms with Crippen LogP contribution in [-0.4, -0.2) is 33.1 Å². The second-order valence-electron chi connectivity index (χ2n) is 15.5. The van der Waals surface area contributed by atoms with E-state index in [4.69, 9.17) is 28.5 Å². The van der Waals surface area contributed by atoms with E-state index in [0.717, 1.165) is 33.7 Å². The summed E-state index contributed by atoms with van der Waals surface area (Å²) < 4.78 is 4.71. The summed E-state index contributed by atoms with van der Waals surface area (Å²) in [7, 11) is 18.2. The minimum atomic E-state index is -1.38. The van der Waals surface area contributed by atoms with E-state index in [0.29, 0.717) is 0 Å². The van der Waals surface area contributed by atoms with Gasteiger partial charge in [0.25, 0.3) is 0 Å². The van der Waals surface area contributed by atoms with Crippen molar-refractivity contribution in [2.75, 3.05) is 0 Å². The summed E-state index contributed by atoms with van der Waals surface area (Å²) in [6.07, 6.45) is 0.226. The number of para-hydroxylation sites is 2. The lowest BCUT2D eigenvalue weighted by atomic mass is 9.41. The van der Waals surface area contributed by atoms with Crippen LogP contribution in [0.4, 0.5) is 0 Å². The van der Waals surface area contributed by atoms with E-state index in [1.54, 1.807) is 0 Å². The van der Waals surface area contributed by atoms with Gasteiger partial charge in [0.15, 0.2) is 0 Å². The van der Waals surface area contributed by atoms with Crippen molar-refractivity contribution in [1.29, 1.82) is 0 Å². The van der Waals surface area contributed by atoms with E-state index < -0.39 is 5.11 Å². The number of thiophene rings is 1. The Bertz CT molecular complexity index is 3380. The van der Waals surface area contributed by atoms with Crippen molar-refractivity contribution in [2.45, 2.75) is 11.5 Å². The van der Waals surface area contributed by atoms with E-state index in [-0.39, 0.29) is 6.42 Å². The molecule has 2 nitrogen and oxygen atoms in total. The molecule has 9 aromatic carbocycles. The third-order valence-corrected chi connectivity index (χ3v) is 12.7. The average molecular weight is 762 g/mol. The topological polar surface area (TPSA) is 17.8 Å². The maximum Gasteiger partial charge on any atom is 0.112 e. The van der Waals surface area contributed by atoms with Gasteiger partial charge < -0.3 is 0 Å². The van der Waals surface area contributed by atoms with E-state index in [2.05, 4.69) is 174 Å². The number of rotatable bonds is 7. The quantitative estimate of drug-likeness (QED) is 0.117. The molecule has 59 heavy (non-hydrogen) atoms. The maximum atomic E-state index is 6.05. The van der Waals surface area contributed by atoms with Gasteiger partial charge in [-0.05, 0) is 121 Å². The highest BCUT2D eigenvalue weighted by Crippen LogP contribution is 2.46. The zero-order valence-corrected chi connectivity index (χ0v) is 33.0. The first-order chi connectivity index (χ1) is 28.9. The molecule has 0 saturated carbocycles. The Kier molecular flexibility index (Phi) is 8.46. The fourth-order valence-corrected chi connectivity index (χ4v) is 9.97. The molecular formula is C53H33B3N2S. The highest BCUT2D eigenvalue weighted by atomic mass is 32.1. The highest BCUT2D eigenvalue weighted by Gasteiger charge is 2.20. The molecular weight excluding hydrogens is 729 g/mol. The van der Waals surface area contributed by atoms with Crippen LogP contribution in [-0.2, 0) is 6.42 Å². The molecule has 0 unspecified atom stereocenters. The molecule has 0 bridgehead atoms. The number of imidazole rings is 1. The molecule has 0 aliphatic heterocycles. The van der Waals surface area contributed by atoms with Crippen LogP contribution in [0.3, 0.4) is 0 Å². The van der Waals surface area contributed by atoms with Crippen LogP contribution in [0.5, 0.6) is 0 Å². The fraction of sp³-hybridized carbons (Fsp3) is 0.0377. The normalized spacial score (nSPS) is 12.0. The second kappa shape index (κ2) is 14.0. The van der Waals surface area contributed by atoms with Crippen LogP contribution in [0.2, 0.25) is 5.11 Å². The number of aromatic nitrogens is 2. The molecule has 0 N–H and O–H groups in total. The Morgan fingerprint density at radius 1 is 0.424 bits per heavy atom. The standard InChI is InChI=1S/C53H33B3N2S/c54-53(55,56)32-50-57-46-15-7-8-16-47(46)58(50)39-26-22-35(23-27-39)34-18-20-36(21-19-34)51-41-13-4-5-14-42(41)52(45-30-37(24-28-43(45)51)33-10-2-1-3-11-33)38-25-29-49-44(31-38)40-12-6-9-17-48(40)59-49/h1-31H,32H2. The Labute approximate surface area is 351 Å². The lowest BCUT2D eigenvalue weighted by Gasteiger charge is -2.20. The SMILES string of the molecule is [B]C([B])([B])Cc1nc2ccccc2n1-c1ccc(-c2ccc(-c3c4ccccc4c(-c4ccc5sc6ccccc6c5c4)c4cc(-c5ccccc5)ccc34)cc2)cc1. The molecule has 0 saturated heterocycles. The Hall–Kier alpha value is -6.62. The molecule has 11 rings (SSSR count). The van der Waals surface area contributed by atoms with Crippen molar-refractivity contribution >= 4 is 87.6 Å². The van der Waals surface area contributed by atoms with Crippen molar-refractivity contribution in [3.05, 3.63) is 194 Å². The zero-order chi connectivity index (χ0) is 39.7. The van der Waals surface area contributed by atoms with Crippen LogP contribution < -0.4 is 0 Å². The molecule has 6 heteroatoms. The number of benzene rings is 9. The van der Waals surface area contributed by atoms with Crippen LogP contribution in [0.1, 0.15) is 5.82 Å². The largest absolute Gasteiger partial charge is 0.296 e. The second-order valence-corrected chi connectivity index (χ2v) is 16.6. The summed E-state index contributed by atoms with van der Waals surface area (Å²) in [4.78, 5) is 4.82. The lowest BCUT2D eigenvalue weighted by molar-refractivity contribution is 0.855. The molecule has 0 aliphatic rings. The van der Waals surface area contributed by atoms with Crippen molar-refractivity contribution in [2.24, 2.45) is 0 Å². The van der Waals surface area contributed by atoms with E-state index in [1.165, 1.54) is 75.1 Å². The summed E-state index contributed by atoms with van der Waals surface area (Å²) in [5, 5.41) is 6.16. The fourth-order valence-electron chi connectivity index (χ4n) is 8.88. The molecule has 0 amide bonds. The summed E-state index contributed by atoms with van der Waals surface area (Å²) >= 11 is 1.86. The highest BCUT2D eigenvalue weighted by molar-refractivity contribution is 7.25. The van der Waals surface area contributed by atoms with Crippen LogP contribution in [0.25, 0.3) is 103 Å². The first-order valence-corrected chi connectivity index (χ1v) is 20.7. The van der Waals surface area contributed by atoms with E-state index in [9.17, 15) is 0 Å². The van der Waals surface area contributed by atoms with Crippen molar-refractivity contribution in [1.82, 2.24) is 9.55 Å². The van der Waals surface area contributed by atoms with Gasteiger partial charge in [-0.15, -0.1) is 16.4 Å². The molecule has 0 spiro atoms. The summed E-state index contributed by atoms with van der Waals surface area (Å²) in [6, 6.07) is 67.9. The molecule has 6 radical (unpaired) electrons. The van der Waals surface area contributed by atoms with Crippen LogP contribution in [0, 0.1) is 0 Å². The lowest BCUT2D eigenvalue weighted by Crippen LogP contribution is -2.18. The van der Waals surface area contributed by atoms with Gasteiger partial charge in [0.1, 0.15) is 5.82 Å². The van der Waals surface area contributed by atoms with Crippen molar-refractivity contribution in [3.8, 4) is 50.2 Å². The predicted octanol–water partition coefficient (Wildman–Crippen LogP) is 13.5. The van der Waals surface area contributed by atoms with E-state index in [1.807, 2.05) is 29.5 Å². The van der Waals surface area contributed by atoms with Crippen molar-refractivity contribution in [3.63, 3.8) is 0 Å². The Balaban J connectivity index is 1.04. The molecule has 0 atom stereocenters. The smallest absolute Gasteiger partial charge is 0.112 e. The first kappa shape index (κ1) is 35.5. The minimum Gasteiger partial charge on any atom is -0.296 e. The molecule has 2 heterocycles. The summed E-state index contributed by atoms with van der Waals surface area (Å²) in [5.41, 5.74) is 12.4. The van der Waals surface area contributed by atoms with Gasteiger partial charge in [0.05, 0.1) is 34.6 Å². The predicted molar refractivity (Wildman–Crippen MR) is 254 cm³/mol. The average Bonchev–Trinajstić information content (AvgIpc) is 3.82. The third-order valence-electron chi connectivity index (χ3n) is 11.5. The van der Waals surface area contributed by atoms with Crippen LogP contribution >= 0.6 is 11.3 Å². The molecule has 2 aromatic heterocycles. The molecule has 0 aliphatic carbocycles. The van der Waals surface area contributed by atoms with Crippen molar-refractivity contribution < 1.29 is 0 Å². The van der Waals surface area contributed by atoms with Gasteiger partial charge in [0.2, 0.25) is 0 Å². The van der Waals surface area contributed by atoms with Gasteiger partial charge in [0, 0.05) is 25.9 Å². The molecule has 270 valence electrons. The number of hydrogen-bond donors (Lipinski definition) is 0. The maximum absolute atomic E-state index is 6.05. The van der Waals surface area contributed by atoms with Gasteiger partial charge in [-0.25, -0.2) is 4.98 Å². The molecule has 11 aromatic rings. The van der Waals surface area contributed by atoms with Gasteiger partial charge in [-0.3, -0.25) is 4.57 Å². The number of hydrogen-bond acceptors (Lipinski definition) is 2. The number of fused-ring (bicyclic) bond motifs is 6. The Morgan fingerprint density at radius 3 is 1.69 bits per heavy atom. The minimum absolute atomic E-state index is 0.226. The van der Waals surface area contributed by atoms with Crippen LogP contribution in [0.15, 0.2) is 188 Å². The summed E-state index contributed by atoms with van der Waals surface area (Å²) in [5.74, 6) is 0.720. The van der Waals surface area contributed by atoms with Gasteiger partial charge in [-0.2, -0.15) is 0 Å². The monoisotopic (exact) mass is 762 g/mol. The summed E-state index contributed by atoms with van der Waals surface area (Å²) in [6.45, 7) is 0. The first-order valence-electron chi connectivity index (χ1n) is 19.9. The van der Waals surface area contributed by atoms with Gasteiger partial charge >= 0.3 is 0 Å².